The van der Waals surface area contributed by atoms with E-state index in [0.29, 0.717) is 31.0 Å². The van der Waals surface area contributed by atoms with Gasteiger partial charge in [-0.3, -0.25) is 4.98 Å². The first-order valence-corrected chi connectivity index (χ1v) is 5.62. The van der Waals surface area contributed by atoms with Crippen molar-refractivity contribution < 1.29 is 0 Å². The van der Waals surface area contributed by atoms with Crippen molar-refractivity contribution in [1.82, 2.24) is 4.98 Å². The summed E-state index contributed by atoms with van der Waals surface area (Å²) in [6.07, 6.45) is 1.67. The molecule has 0 aliphatic rings. The van der Waals surface area contributed by atoms with E-state index in [0.717, 1.165) is 5.56 Å². The van der Waals surface area contributed by atoms with E-state index in [-0.39, 0.29) is 0 Å². The predicted molar refractivity (Wildman–Crippen MR) is 66.5 cm³/mol. The second-order valence-electron chi connectivity index (χ2n) is 3.14. The average Bonchev–Trinajstić information content (AvgIpc) is 2.20. The number of rotatable bonds is 0. The number of nitrogens with zero attached hydrogens (tertiary/aromatic N) is 1. The first kappa shape index (κ1) is 11.3. The minimum absolute atomic E-state index is 0.306. The van der Waals surface area contributed by atoms with Crippen molar-refractivity contribution in [3.63, 3.8) is 0 Å². The van der Waals surface area contributed by atoms with Gasteiger partial charge >= 0.3 is 0 Å². The molecule has 0 fully saturated rings. The van der Waals surface area contributed by atoms with Gasteiger partial charge in [0.15, 0.2) is 0 Å². The van der Waals surface area contributed by atoms with Gasteiger partial charge in [-0.1, -0.05) is 46.4 Å². The predicted octanol–water partition coefficient (Wildman–Crippen LogP) is 5.16. The van der Waals surface area contributed by atoms with Crippen molar-refractivity contribution in [2.75, 3.05) is 0 Å². The van der Waals surface area contributed by atoms with E-state index in [9.17, 15) is 0 Å². The van der Waals surface area contributed by atoms with Gasteiger partial charge in [-0.2, -0.15) is 0 Å². The highest BCUT2D eigenvalue weighted by Crippen LogP contribution is 2.39. The van der Waals surface area contributed by atoms with E-state index < -0.39 is 0 Å². The van der Waals surface area contributed by atoms with Crippen molar-refractivity contribution in [1.29, 1.82) is 0 Å². The summed E-state index contributed by atoms with van der Waals surface area (Å²) >= 11 is 24.0. The van der Waals surface area contributed by atoms with Crippen molar-refractivity contribution >= 4 is 57.3 Å². The molecule has 2 rings (SSSR count). The Morgan fingerprint density at radius 2 is 1.67 bits per heavy atom. The van der Waals surface area contributed by atoms with Crippen LogP contribution in [0.15, 0.2) is 12.3 Å². The SMILES string of the molecule is Cc1cnc2cc(Cl)c(Cl)c(Cl)c2c1Cl. The standard InChI is InChI=1S/C10H5Cl4N/c1-4-3-15-6-2-5(11)9(13)10(14)7(6)8(4)12/h2-3H,1H3. The van der Waals surface area contributed by atoms with Gasteiger partial charge in [-0.15, -0.1) is 0 Å². The fraction of sp³-hybridized carbons (Fsp3) is 0.100. The smallest absolute Gasteiger partial charge is 0.0786 e. The lowest BCUT2D eigenvalue weighted by molar-refractivity contribution is 1.33. The van der Waals surface area contributed by atoms with Crippen LogP contribution in [0, 0.1) is 6.92 Å². The first-order valence-electron chi connectivity index (χ1n) is 4.10. The Bertz CT molecular complexity index is 551. The zero-order valence-corrected chi connectivity index (χ0v) is 10.6. The molecule has 0 radical (unpaired) electrons. The largest absolute Gasteiger partial charge is 0.256 e. The van der Waals surface area contributed by atoms with Crippen LogP contribution in [-0.4, -0.2) is 4.98 Å². The van der Waals surface area contributed by atoms with Crippen LogP contribution in [0.2, 0.25) is 20.1 Å². The third-order valence-electron chi connectivity index (χ3n) is 2.10. The van der Waals surface area contributed by atoms with E-state index in [1.54, 1.807) is 12.3 Å². The second-order valence-corrected chi connectivity index (χ2v) is 4.68. The Morgan fingerprint density at radius 3 is 2.33 bits per heavy atom. The van der Waals surface area contributed by atoms with Crippen LogP contribution in [0.3, 0.4) is 0 Å². The molecule has 2 aromatic rings. The fourth-order valence-corrected chi connectivity index (χ4v) is 2.29. The molecule has 5 heteroatoms. The number of fused-ring (bicyclic) bond motifs is 1. The summed E-state index contributed by atoms with van der Waals surface area (Å²) in [7, 11) is 0. The molecule has 78 valence electrons. The molecule has 0 aliphatic heterocycles. The van der Waals surface area contributed by atoms with Crippen LogP contribution in [0.4, 0.5) is 0 Å². The molecule has 0 amide bonds. The Labute approximate surface area is 107 Å². The van der Waals surface area contributed by atoms with Gasteiger partial charge in [-0.05, 0) is 18.6 Å². The summed E-state index contributed by atoms with van der Waals surface area (Å²) in [5.74, 6) is 0. The highest BCUT2D eigenvalue weighted by atomic mass is 35.5. The van der Waals surface area contributed by atoms with Crippen LogP contribution in [0.25, 0.3) is 10.9 Å². The summed E-state index contributed by atoms with van der Waals surface area (Å²) in [5, 5.41) is 2.23. The molecule has 0 spiro atoms. The Balaban J connectivity index is 3.00. The van der Waals surface area contributed by atoms with Gasteiger partial charge in [0, 0.05) is 11.6 Å². The zero-order valence-electron chi connectivity index (χ0n) is 7.61. The van der Waals surface area contributed by atoms with Gasteiger partial charge in [0.1, 0.15) is 0 Å². The number of benzene rings is 1. The van der Waals surface area contributed by atoms with E-state index in [1.165, 1.54) is 0 Å². The molecular formula is C10H5Cl4N. The number of halogens is 4. The van der Waals surface area contributed by atoms with E-state index in [2.05, 4.69) is 4.98 Å². The van der Waals surface area contributed by atoms with Gasteiger partial charge in [-0.25, -0.2) is 0 Å². The number of aromatic nitrogens is 1. The molecule has 15 heavy (non-hydrogen) atoms. The Kier molecular flexibility index (Phi) is 3.00. The summed E-state index contributed by atoms with van der Waals surface area (Å²) in [6.45, 7) is 1.85. The zero-order chi connectivity index (χ0) is 11.2. The number of hydrogen-bond acceptors (Lipinski definition) is 1. The lowest BCUT2D eigenvalue weighted by atomic mass is 10.2. The highest BCUT2D eigenvalue weighted by molar-refractivity contribution is 6.52. The Morgan fingerprint density at radius 1 is 1.00 bits per heavy atom. The molecule has 0 unspecified atom stereocenters. The van der Waals surface area contributed by atoms with Crippen LogP contribution < -0.4 is 0 Å². The normalized spacial score (nSPS) is 11.0. The third-order valence-corrected chi connectivity index (χ3v) is 3.85. The van der Waals surface area contributed by atoms with E-state index in [1.807, 2.05) is 6.92 Å². The molecule has 1 nitrogen and oxygen atoms in total. The topological polar surface area (TPSA) is 12.9 Å². The van der Waals surface area contributed by atoms with Gasteiger partial charge in [0.25, 0.3) is 0 Å². The monoisotopic (exact) mass is 279 g/mol. The third kappa shape index (κ3) is 1.78. The van der Waals surface area contributed by atoms with Crippen LogP contribution >= 0.6 is 46.4 Å². The first-order chi connectivity index (χ1) is 7.02. The number of pyridine rings is 1. The molecule has 0 aliphatic carbocycles. The summed E-state index contributed by atoms with van der Waals surface area (Å²) in [6, 6.07) is 1.65. The van der Waals surface area contributed by atoms with E-state index in [4.69, 9.17) is 46.4 Å². The number of aryl methyl sites for hydroxylation is 1. The van der Waals surface area contributed by atoms with Crippen LogP contribution in [0.5, 0.6) is 0 Å². The summed E-state index contributed by atoms with van der Waals surface area (Å²) in [4.78, 5) is 4.19. The molecule has 0 atom stereocenters. The fourth-order valence-electron chi connectivity index (χ4n) is 1.31. The van der Waals surface area contributed by atoms with Gasteiger partial charge in [0.05, 0.1) is 25.6 Å². The van der Waals surface area contributed by atoms with Gasteiger partial charge < -0.3 is 0 Å². The lowest BCUT2D eigenvalue weighted by Crippen LogP contribution is -1.86. The maximum atomic E-state index is 6.13. The average molecular weight is 281 g/mol. The summed E-state index contributed by atoms with van der Waals surface area (Å²) < 4.78 is 0. The maximum Gasteiger partial charge on any atom is 0.0786 e. The minimum Gasteiger partial charge on any atom is -0.256 e. The molecule has 0 bridgehead atoms. The molecule has 0 saturated heterocycles. The van der Waals surface area contributed by atoms with Crippen LogP contribution in [0.1, 0.15) is 5.56 Å². The highest BCUT2D eigenvalue weighted by Gasteiger charge is 2.13. The van der Waals surface area contributed by atoms with Crippen LogP contribution in [-0.2, 0) is 0 Å². The summed E-state index contributed by atoms with van der Waals surface area (Å²) in [5.41, 5.74) is 1.49. The quantitative estimate of drug-likeness (QED) is 0.608. The minimum atomic E-state index is 0.306. The van der Waals surface area contributed by atoms with Gasteiger partial charge in [0.2, 0.25) is 0 Å². The van der Waals surface area contributed by atoms with E-state index >= 15 is 0 Å². The number of hydrogen-bond donors (Lipinski definition) is 0. The molecule has 1 aromatic heterocycles. The maximum absolute atomic E-state index is 6.13. The molecule has 0 saturated carbocycles. The van der Waals surface area contributed by atoms with Crippen molar-refractivity contribution in [2.45, 2.75) is 6.92 Å². The Hall–Kier alpha value is -0.210. The second kappa shape index (κ2) is 3.99. The lowest BCUT2D eigenvalue weighted by Gasteiger charge is -2.07. The van der Waals surface area contributed by atoms with Crippen molar-refractivity contribution in [3.8, 4) is 0 Å². The molecule has 0 N–H and O–H groups in total. The molecule has 1 heterocycles. The molecular weight excluding hydrogens is 276 g/mol. The molecule has 1 aromatic carbocycles. The van der Waals surface area contributed by atoms with Crippen molar-refractivity contribution in [2.24, 2.45) is 0 Å². The van der Waals surface area contributed by atoms with Crippen molar-refractivity contribution in [3.05, 3.63) is 37.9 Å².